The lowest BCUT2D eigenvalue weighted by molar-refractivity contribution is -0.189. The Hall–Kier alpha value is -0.830. The molecule has 0 aliphatic carbocycles. The molecule has 3 heteroatoms. The fourth-order valence-electron chi connectivity index (χ4n) is 0.877. The van der Waals surface area contributed by atoms with Crippen LogP contribution in [0.15, 0.2) is 12.2 Å². The summed E-state index contributed by atoms with van der Waals surface area (Å²) in [5, 5.41) is 0. The molecule has 0 saturated heterocycles. The highest BCUT2D eigenvalue weighted by molar-refractivity contribution is 5.84. The van der Waals surface area contributed by atoms with Gasteiger partial charge < -0.3 is 9.47 Å². The zero-order chi connectivity index (χ0) is 7.61. The van der Waals surface area contributed by atoms with Crippen LogP contribution >= 0.6 is 0 Å². The number of cyclic esters (lactones) is 1. The van der Waals surface area contributed by atoms with Crippen molar-refractivity contribution in [1.29, 1.82) is 0 Å². The van der Waals surface area contributed by atoms with E-state index in [2.05, 4.69) is 0 Å². The van der Waals surface area contributed by atoms with Crippen LogP contribution in [0.5, 0.6) is 0 Å². The first-order valence-electron chi connectivity index (χ1n) is 3.20. The molecule has 1 aliphatic rings. The largest absolute Gasteiger partial charge is 0.426 e. The van der Waals surface area contributed by atoms with Crippen LogP contribution in [0.2, 0.25) is 0 Å². The highest BCUT2D eigenvalue weighted by atomic mass is 16.7. The second-order valence-corrected chi connectivity index (χ2v) is 2.12. The first-order valence-corrected chi connectivity index (χ1v) is 3.20. The number of rotatable bonds is 2. The summed E-state index contributed by atoms with van der Waals surface area (Å²) in [5.74, 6) is -1.11. The fourth-order valence-corrected chi connectivity index (χ4v) is 0.877. The summed E-state index contributed by atoms with van der Waals surface area (Å²) in [6, 6.07) is 0. The van der Waals surface area contributed by atoms with Gasteiger partial charge in [0.2, 0.25) is 5.79 Å². The Labute approximate surface area is 59.6 Å². The number of esters is 1. The topological polar surface area (TPSA) is 35.5 Å². The summed E-state index contributed by atoms with van der Waals surface area (Å²) in [6.45, 7) is 1.90. The van der Waals surface area contributed by atoms with Crippen molar-refractivity contribution in [2.24, 2.45) is 0 Å². The summed E-state index contributed by atoms with van der Waals surface area (Å²) < 4.78 is 9.86. The van der Waals surface area contributed by atoms with E-state index < -0.39 is 5.79 Å². The summed E-state index contributed by atoms with van der Waals surface area (Å²) in [7, 11) is 1.52. The van der Waals surface area contributed by atoms with Crippen molar-refractivity contribution in [3.8, 4) is 0 Å². The Morgan fingerprint density at radius 2 is 2.50 bits per heavy atom. The van der Waals surface area contributed by atoms with Gasteiger partial charge in [-0.2, -0.15) is 0 Å². The van der Waals surface area contributed by atoms with Crippen molar-refractivity contribution >= 4 is 5.97 Å². The third-order valence-electron chi connectivity index (χ3n) is 1.59. The fraction of sp³-hybridized carbons (Fsp3) is 0.571. The van der Waals surface area contributed by atoms with Gasteiger partial charge in [0.15, 0.2) is 0 Å². The molecular formula is C7H10O3. The van der Waals surface area contributed by atoms with E-state index in [0.29, 0.717) is 6.42 Å². The number of carbonyl (C=O) groups is 1. The Kier molecular flexibility index (Phi) is 1.76. The van der Waals surface area contributed by atoms with Crippen molar-refractivity contribution in [1.82, 2.24) is 0 Å². The molecule has 0 amide bonds. The number of ether oxygens (including phenoxy) is 2. The lowest BCUT2D eigenvalue weighted by Gasteiger charge is -2.22. The standard InChI is InChI=1S/C7H10O3/c1-3-7(9-2)5-4-6(8)10-7/h4-5H,3H2,1-2H3. The smallest absolute Gasteiger partial charge is 0.333 e. The molecule has 1 aliphatic heterocycles. The van der Waals surface area contributed by atoms with E-state index in [9.17, 15) is 4.79 Å². The van der Waals surface area contributed by atoms with Crippen LogP contribution in [0.1, 0.15) is 13.3 Å². The van der Waals surface area contributed by atoms with Gasteiger partial charge in [-0.05, 0) is 6.08 Å². The summed E-state index contributed by atoms with van der Waals surface area (Å²) in [4.78, 5) is 10.6. The SMILES string of the molecule is CCC1(OC)C=CC(=O)O1. The zero-order valence-corrected chi connectivity index (χ0v) is 6.09. The third kappa shape index (κ3) is 1.04. The molecule has 1 rings (SSSR count). The lowest BCUT2D eigenvalue weighted by Crippen LogP contribution is -2.29. The normalized spacial score (nSPS) is 30.8. The first kappa shape index (κ1) is 7.28. The molecule has 1 unspecified atom stereocenters. The Morgan fingerprint density at radius 1 is 1.80 bits per heavy atom. The maximum Gasteiger partial charge on any atom is 0.333 e. The molecule has 0 N–H and O–H groups in total. The molecular weight excluding hydrogens is 132 g/mol. The number of methoxy groups -OCH3 is 1. The van der Waals surface area contributed by atoms with Gasteiger partial charge in [-0.15, -0.1) is 0 Å². The van der Waals surface area contributed by atoms with Gasteiger partial charge in [-0.3, -0.25) is 0 Å². The molecule has 1 atom stereocenters. The van der Waals surface area contributed by atoms with Gasteiger partial charge in [0.05, 0.1) is 0 Å². The van der Waals surface area contributed by atoms with E-state index >= 15 is 0 Å². The van der Waals surface area contributed by atoms with E-state index in [-0.39, 0.29) is 5.97 Å². The average molecular weight is 142 g/mol. The van der Waals surface area contributed by atoms with E-state index in [1.54, 1.807) is 6.08 Å². The van der Waals surface area contributed by atoms with Crippen LogP contribution in [-0.2, 0) is 14.3 Å². The minimum atomic E-state index is -0.781. The monoisotopic (exact) mass is 142 g/mol. The van der Waals surface area contributed by atoms with Gasteiger partial charge in [0, 0.05) is 19.6 Å². The molecule has 0 bridgehead atoms. The molecule has 0 saturated carbocycles. The van der Waals surface area contributed by atoms with Crippen LogP contribution < -0.4 is 0 Å². The molecule has 0 radical (unpaired) electrons. The van der Waals surface area contributed by atoms with Crippen LogP contribution in [0.3, 0.4) is 0 Å². The highest BCUT2D eigenvalue weighted by Crippen LogP contribution is 2.23. The van der Waals surface area contributed by atoms with Gasteiger partial charge in [0.1, 0.15) is 0 Å². The number of hydrogen-bond acceptors (Lipinski definition) is 3. The average Bonchev–Trinajstić information content (AvgIpc) is 2.33. The van der Waals surface area contributed by atoms with Crippen molar-refractivity contribution in [3.63, 3.8) is 0 Å². The Morgan fingerprint density at radius 3 is 2.70 bits per heavy atom. The summed E-state index contributed by atoms with van der Waals surface area (Å²) >= 11 is 0. The minimum Gasteiger partial charge on any atom is -0.426 e. The van der Waals surface area contributed by atoms with Crippen molar-refractivity contribution in [3.05, 3.63) is 12.2 Å². The minimum absolute atomic E-state index is 0.330. The zero-order valence-electron chi connectivity index (χ0n) is 6.09. The predicted molar refractivity (Wildman–Crippen MR) is 35.3 cm³/mol. The van der Waals surface area contributed by atoms with Gasteiger partial charge in [0.25, 0.3) is 0 Å². The van der Waals surface area contributed by atoms with Crippen LogP contribution in [-0.4, -0.2) is 18.9 Å². The van der Waals surface area contributed by atoms with Crippen molar-refractivity contribution in [2.45, 2.75) is 19.1 Å². The lowest BCUT2D eigenvalue weighted by atomic mass is 10.2. The number of hydrogen-bond donors (Lipinski definition) is 0. The highest BCUT2D eigenvalue weighted by Gasteiger charge is 2.33. The van der Waals surface area contributed by atoms with Crippen LogP contribution in [0, 0.1) is 0 Å². The first-order chi connectivity index (χ1) is 4.72. The maximum atomic E-state index is 10.6. The van der Waals surface area contributed by atoms with E-state index in [1.807, 2.05) is 6.92 Å². The second kappa shape index (κ2) is 2.42. The van der Waals surface area contributed by atoms with Gasteiger partial charge in [-0.25, -0.2) is 4.79 Å². The molecule has 56 valence electrons. The van der Waals surface area contributed by atoms with Gasteiger partial charge >= 0.3 is 5.97 Å². The molecule has 1 heterocycles. The number of carbonyl (C=O) groups excluding carboxylic acids is 1. The molecule has 0 spiro atoms. The molecule has 0 aromatic heterocycles. The molecule has 0 aromatic carbocycles. The van der Waals surface area contributed by atoms with E-state index in [4.69, 9.17) is 9.47 Å². The summed E-state index contributed by atoms with van der Waals surface area (Å²) in [6.07, 6.45) is 3.66. The van der Waals surface area contributed by atoms with Crippen LogP contribution in [0.4, 0.5) is 0 Å². The third-order valence-corrected chi connectivity index (χ3v) is 1.59. The quantitative estimate of drug-likeness (QED) is 0.536. The maximum absolute atomic E-state index is 10.6. The summed E-state index contributed by atoms with van der Waals surface area (Å²) in [5.41, 5.74) is 0. The van der Waals surface area contributed by atoms with Gasteiger partial charge in [-0.1, -0.05) is 6.92 Å². The predicted octanol–water partition coefficient (Wildman–Crippen LogP) is 0.852. The Bertz CT molecular complexity index is 168. The molecule has 0 fully saturated rings. The second-order valence-electron chi connectivity index (χ2n) is 2.12. The molecule has 3 nitrogen and oxygen atoms in total. The van der Waals surface area contributed by atoms with Crippen LogP contribution in [0.25, 0.3) is 0 Å². The molecule has 0 aromatic rings. The van der Waals surface area contributed by atoms with E-state index in [0.717, 1.165) is 0 Å². The Balaban J connectivity index is 2.70. The van der Waals surface area contributed by atoms with Crippen molar-refractivity contribution < 1.29 is 14.3 Å². The van der Waals surface area contributed by atoms with E-state index in [1.165, 1.54) is 13.2 Å². The molecule has 10 heavy (non-hydrogen) atoms. The van der Waals surface area contributed by atoms with Crippen molar-refractivity contribution in [2.75, 3.05) is 7.11 Å².